The Balaban J connectivity index is 1.83. The lowest BCUT2D eigenvalue weighted by Gasteiger charge is -2.43. The highest BCUT2D eigenvalue weighted by atomic mass is 35.5. The zero-order chi connectivity index (χ0) is 29.2. The Morgan fingerprint density at radius 1 is 0.950 bits per heavy atom. The van der Waals surface area contributed by atoms with Crippen molar-refractivity contribution < 1.29 is 32.6 Å². The second-order valence-electron chi connectivity index (χ2n) is 10.1. The van der Waals surface area contributed by atoms with Gasteiger partial charge in [0.05, 0.1) is 11.3 Å². The smallest absolute Gasteiger partial charge is 0.210 e. The van der Waals surface area contributed by atoms with Gasteiger partial charge >= 0.3 is 0 Å². The van der Waals surface area contributed by atoms with Crippen LogP contribution >= 0.6 is 11.6 Å². The van der Waals surface area contributed by atoms with Crippen molar-refractivity contribution in [3.8, 4) is 11.5 Å². The highest BCUT2D eigenvalue weighted by Gasteiger charge is 2.46. The summed E-state index contributed by atoms with van der Waals surface area (Å²) >= 11 is 6.14. The van der Waals surface area contributed by atoms with Crippen molar-refractivity contribution in [3.63, 3.8) is 0 Å². The molecular weight excluding hydrogens is 559 g/mol. The molecule has 2 N–H and O–H groups in total. The summed E-state index contributed by atoms with van der Waals surface area (Å²) in [5, 5.41) is 19.9. The van der Waals surface area contributed by atoms with Crippen LogP contribution in [0.1, 0.15) is 32.2 Å². The number of aromatic hydroxyl groups is 2. The molecular formula is C29H30ClFN2O6S. The van der Waals surface area contributed by atoms with Crippen LogP contribution < -0.4 is 0 Å². The maximum Gasteiger partial charge on any atom is 0.210 e. The summed E-state index contributed by atoms with van der Waals surface area (Å²) in [6.07, 6.45) is 1.09. The van der Waals surface area contributed by atoms with E-state index in [0.717, 1.165) is 6.26 Å². The number of phenols is 2. The number of piperidine rings is 1. The van der Waals surface area contributed by atoms with Crippen LogP contribution in [-0.2, 0) is 10.0 Å². The van der Waals surface area contributed by atoms with E-state index in [0.29, 0.717) is 0 Å². The minimum Gasteiger partial charge on any atom is -0.508 e. The number of hydrogen-bond donors (Lipinski definition) is 2. The molecule has 8 nitrogen and oxygen atoms in total. The summed E-state index contributed by atoms with van der Waals surface area (Å²) in [5.41, 5.74) is 0.490. The first-order valence-electron chi connectivity index (χ1n) is 12.6. The third-order valence-electron chi connectivity index (χ3n) is 7.35. The van der Waals surface area contributed by atoms with Crippen LogP contribution in [0.2, 0.25) is 5.02 Å². The van der Waals surface area contributed by atoms with Gasteiger partial charge < -0.3 is 15.1 Å². The molecule has 0 saturated carbocycles. The zero-order valence-corrected chi connectivity index (χ0v) is 23.6. The Bertz CT molecular complexity index is 1460. The lowest BCUT2D eigenvalue weighted by molar-refractivity contribution is 0.0562. The van der Waals surface area contributed by atoms with Gasteiger partial charge in [0.2, 0.25) is 10.0 Å². The number of rotatable bonds is 9. The molecule has 0 spiro atoms. The van der Waals surface area contributed by atoms with E-state index in [9.17, 15) is 28.2 Å². The molecule has 40 heavy (non-hydrogen) atoms. The quantitative estimate of drug-likeness (QED) is 0.360. The summed E-state index contributed by atoms with van der Waals surface area (Å²) in [7, 11) is -2.03. The van der Waals surface area contributed by atoms with Crippen LogP contribution in [0, 0.1) is 17.7 Å². The molecule has 11 heteroatoms. The predicted molar refractivity (Wildman–Crippen MR) is 150 cm³/mol. The monoisotopic (exact) mass is 588 g/mol. The van der Waals surface area contributed by atoms with E-state index in [1.807, 2.05) is 4.90 Å². The second-order valence-corrected chi connectivity index (χ2v) is 12.6. The van der Waals surface area contributed by atoms with Gasteiger partial charge in [-0.1, -0.05) is 48.0 Å². The number of benzene rings is 3. The normalized spacial score (nSPS) is 18.6. The number of ketones is 2. The first-order chi connectivity index (χ1) is 18.9. The lowest BCUT2D eigenvalue weighted by Crippen LogP contribution is -2.52. The molecule has 212 valence electrons. The Morgan fingerprint density at radius 3 is 1.93 bits per heavy atom. The molecule has 3 aromatic rings. The molecule has 1 saturated heterocycles. The Kier molecular flexibility index (Phi) is 8.94. The number of halogens is 2. The number of carbonyl (C=O) groups is 2. The summed E-state index contributed by atoms with van der Waals surface area (Å²) in [6, 6.07) is 16.0. The number of hydrogen-bond acceptors (Lipinski definition) is 7. The Hall–Kier alpha value is -3.31. The van der Waals surface area contributed by atoms with Crippen molar-refractivity contribution in [1.82, 2.24) is 9.21 Å². The van der Waals surface area contributed by atoms with E-state index in [1.165, 1.54) is 72.0 Å². The fourth-order valence-electron chi connectivity index (χ4n) is 5.22. The van der Waals surface area contributed by atoms with Gasteiger partial charge in [0.15, 0.2) is 11.6 Å². The number of likely N-dealkylation sites (N-methyl/N-ethyl adjacent to an activating group) is 1. The van der Waals surface area contributed by atoms with Crippen LogP contribution in [-0.4, -0.2) is 78.9 Å². The van der Waals surface area contributed by atoms with Gasteiger partial charge in [0.25, 0.3) is 0 Å². The van der Waals surface area contributed by atoms with Crippen molar-refractivity contribution in [1.29, 1.82) is 0 Å². The number of Topliss-reactive ketones (excluding diaryl/α,β-unsaturated/α-hetero) is 2. The number of nitrogens with zero attached hydrogens (tertiary/aromatic N) is 2. The SMILES string of the molecule is CN(CCN1C[C@H](C(=O)c2cccc(O)c2)C(c2cccc(Cl)c2F)[C@@H](C(=O)c2cccc(O)c2)C1)S(C)(=O)=O. The first-order valence-corrected chi connectivity index (χ1v) is 14.8. The molecule has 0 amide bonds. The topological polar surface area (TPSA) is 115 Å². The largest absolute Gasteiger partial charge is 0.508 e. The summed E-state index contributed by atoms with van der Waals surface area (Å²) in [5.74, 6) is -4.62. The van der Waals surface area contributed by atoms with Crippen LogP contribution in [0.15, 0.2) is 66.7 Å². The van der Waals surface area contributed by atoms with Gasteiger partial charge in [-0.05, 0) is 35.9 Å². The van der Waals surface area contributed by atoms with Crippen molar-refractivity contribution in [2.24, 2.45) is 11.8 Å². The van der Waals surface area contributed by atoms with E-state index in [1.54, 1.807) is 6.07 Å². The molecule has 2 atom stereocenters. The summed E-state index contributed by atoms with van der Waals surface area (Å²) in [4.78, 5) is 29.8. The van der Waals surface area contributed by atoms with E-state index in [4.69, 9.17) is 11.6 Å². The van der Waals surface area contributed by atoms with Crippen LogP contribution in [0.3, 0.4) is 0 Å². The maximum atomic E-state index is 15.6. The first kappa shape index (κ1) is 29.7. The molecule has 0 radical (unpaired) electrons. The fourth-order valence-corrected chi connectivity index (χ4v) is 5.81. The van der Waals surface area contributed by atoms with Crippen LogP contribution in [0.4, 0.5) is 4.39 Å². The van der Waals surface area contributed by atoms with Crippen molar-refractivity contribution in [2.45, 2.75) is 5.92 Å². The van der Waals surface area contributed by atoms with Gasteiger partial charge in [0.1, 0.15) is 17.3 Å². The van der Waals surface area contributed by atoms with Gasteiger partial charge in [-0.15, -0.1) is 0 Å². The molecule has 0 aromatic heterocycles. The number of carbonyl (C=O) groups excluding carboxylic acids is 2. The Morgan fingerprint density at radius 2 is 1.45 bits per heavy atom. The van der Waals surface area contributed by atoms with Gasteiger partial charge in [-0.25, -0.2) is 17.1 Å². The standard InChI is InChI=1S/C29H30ClFN2O6S/c1-32(40(2,38)39)12-13-33-16-23(28(36)18-6-3-8-20(34)14-18)26(22-10-5-11-25(30)27(22)31)24(17-33)29(37)19-7-4-9-21(35)15-19/h3-11,14-15,23-24,26,34-35H,12-13,16-17H2,1-2H3/t23-,24-/m0/s1. The molecule has 0 aliphatic carbocycles. The van der Waals surface area contributed by atoms with Gasteiger partial charge in [0, 0.05) is 62.1 Å². The number of sulfonamides is 1. The number of phenolic OH excluding ortho intramolecular Hbond substituents is 2. The second kappa shape index (κ2) is 12.1. The molecule has 1 aliphatic heterocycles. The minimum absolute atomic E-state index is 0.104. The molecule has 1 aliphatic rings. The van der Waals surface area contributed by atoms with E-state index < -0.39 is 45.2 Å². The van der Waals surface area contributed by atoms with Crippen LogP contribution in [0.5, 0.6) is 11.5 Å². The molecule has 1 fully saturated rings. The lowest BCUT2D eigenvalue weighted by atomic mass is 9.68. The highest BCUT2D eigenvalue weighted by molar-refractivity contribution is 7.88. The third-order valence-corrected chi connectivity index (χ3v) is 8.96. The predicted octanol–water partition coefficient (Wildman–Crippen LogP) is 4.18. The van der Waals surface area contributed by atoms with E-state index in [-0.39, 0.29) is 59.4 Å². The Labute approximate surface area is 237 Å². The van der Waals surface area contributed by atoms with Crippen molar-refractivity contribution in [3.05, 3.63) is 94.3 Å². The van der Waals surface area contributed by atoms with Gasteiger partial charge in [-0.3, -0.25) is 9.59 Å². The molecule has 1 heterocycles. The average Bonchev–Trinajstić information content (AvgIpc) is 2.91. The number of likely N-dealkylation sites (tertiary alicyclic amines) is 1. The van der Waals surface area contributed by atoms with E-state index in [2.05, 4.69) is 0 Å². The highest BCUT2D eigenvalue weighted by Crippen LogP contribution is 2.43. The third kappa shape index (κ3) is 6.52. The van der Waals surface area contributed by atoms with Gasteiger partial charge in [-0.2, -0.15) is 0 Å². The molecule has 0 bridgehead atoms. The van der Waals surface area contributed by atoms with Crippen LogP contribution in [0.25, 0.3) is 0 Å². The summed E-state index contributed by atoms with van der Waals surface area (Å²) in [6.45, 7) is 0.524. The average molecular weight is 589 g/mol. The summed E-state index contributed by atoms with van der Waals surface area (Å²) < 4.78 is 40.7. The van der Waals surface area contributed by atoms with E-state index >= 15 is 4.39 Å². The molecule has 4 rings (SSSR count). The molecule has 3 aromatic carbocycles. The maximum absolute atomic E-state index is 15.6. The fraction of sp³-hybridized carbons (Fsp3) is 0.310. The van der Waals surface area contributed by atoms with Crippen molar-refractivity contribution in [2.75, 3.05) is 39.5 Å². The van der Waals surface area contributed by atoms with Crippen molar-refractivity contribution >= 4 is 33.2 Å². The minimum atomic E-state index is -3.47. The zero-order valence-electron chi connectivity index (χ0n) is 22.0. The molecule has 0 unspecified atom stereocenters.